The maximum atomic E-state index is 12.1. The zero-order valence-electron chi connectivity index (χ0n) is 7.83. The molecule has 5 heteroatoms. The van der Waals surface area contributed by atoms with E-state index in [2.05, 4.69) is 4.98 Å². The highest BCUT2D eigenvalue weighted by Gasteiger charge is 2.07. The molecule has 2 rings (SSSR count). The van der Waals surface area contributed by atoms with Gasteiger partial charge in [0.1, 0.15) is 5.15 Å². The second kappa shape index (κ2) is 4.14. The maximum Gasteiger partial charge on any atom is 0.240 e. The molecule has 2 aromatic rings. The van der Waals surface area contributed by atoms with Crippen molar-refractivity contribution in [3.05, 3.63) is 29.7 Å². The Hall–Kier alpha value is -1.16. The minimum absolute atomic E-state index is 0.149. The third kappa shape index (κ3) is 2.09. The van der Waals surface area contributed by atoms with E-state index in [9.17, 15) is 8.78 Å². The molecule has 0 aliphatic heterocycles. The van der Waals surface area contributed by atoms with Gasteiger partial charge < -0.3 is 4.57 Å². The first kappa shape index (κ1) is 10.4. The molecule has 0 N–H and O–H groups in total. The van der Waals surface area contributed by atoms with E-state index >= 15 is 0 Å². The van der Waals surface area contributed by atoms with Crippen molar-refractivity contribution in [1.82, 2.24) is 9.55 Å². The summed E-state index contributed by atoms with van der Waals surface area (Å²) in [6.45, 7) is 0.293. The first-order valence-corrected chi connectivity index (χ1v) is 4.94. The van der Waals surface area contributed by atoms with Gasteiger partial charge in [0.15, 0.2) is 0 Å². The summed E-state index contributed by atoms with van der Waals surface area (Å²) < 4.78 is 25.9. The molecule has 0 saturated carbocycles. The van der Waals surface area contributed by atoms with Gasteiger partial charge in [-0.3, -0.25) is 0 Å². The summed E-state index contributed by atoms with van der Waals surface area (Å²) in [7, 11) is 0. The predicted octanol–water partition coefficient (Wildman–Crippen LogP) is 3.34. The van der Waals surface area contributed by atoms with Crippen LogP contribution in [0.2, 0.25) is 5.15 Å². The summed E-state index contributed by atoms with van der Waals surface area (Å²) in [6, 6.07) is 3.56. The largest absolute Gasteiger partial charge is 0.347 e. The summed E-state index contributed by atoms with van der Waals surface area (Å²) in [5.41, 5.74) is 0.843. The molecule has 0 saturated heterocycles. The van der Waals surface area contributed by atoms with Crippen molar-refractivity contribution in [1.29, 1.82) is 0 Å². The van der Waals surface area contributed by atoms with Crippen LogP contribution in [0.25, 0.3) is 10.9 Å². The number of hydrogen-bond acceptors (Lipinski definition) is 1. The van der Waals surface area contributed by atoms with Gasteiger partial charge in [-0.2, -0.15) is 0 Å². The van der Waals surface area contributed by atoms with Gasteiger partial charge in [0.25, 0.3) is 0 Å². The van der Waals surface area contributed by atoms with Crippen LogP contribution in [-0.4, -0.2) is 16.0 Å². The SMILES string of the molecule is FC(F)CCn1ccc2c(Cl)nccc21. The number of fused-ring (bicyclic) bond motifs is 1. The third-order valence-corrected chi connectivity index (χ3v) is 2.54. The van der Waals surface area contributed by atoms with E-state index < -0.39 is 6.43 Å². The Balaban J connectivity index is 2.33. The van der Waals surface area contributed by atoms with Crippen LogP contribution in [0.1, 0.15) is 6.42 Å². The zero-order valence-corrected chi connectivity index (χ0v) is 8.59. The molecule has 0 amide bonds. The first-order chi connectivity index (χ1) is 7.18. The molecule has 0 unspecified atom stereocenters. The average Bonchev–Trinajstić information content (AvgIpc) is 2.59. The van der Waals surface area contributed by atoms with E-state index in [4.69, 9.17) is 11.6 Å². The molecule has 0 radical (unpaired) electrons. The lowest BCUT2D eigenvalue weighted by Gasteiger charge is -2.04. The van der Waals surface area contributed by atoms with Crippen molar-refractivity contribution < 1.29 is 8.78 Å². The Kier molecular flexibility index (Phi) is 2.86. The van der Waals surface area contributed by atoms with E-state index in [0.29, 0.717) is 11.7 Å². The Bertz CT molecular complexity index is 467. The van der Waals surface area contributed by atoms with Crippen molar-refractivity contribution >= 4 is 22.5 Å². The molecule has 0 bridgehead atoms. The fourth-order valence-corrected chi connectivity index (χ4v) is 1.74. The monoisotopic (exact) mass is 230 g/mol. The molecule has 2 heterocycles. The van der Waals surface area contributed by atoms with Gasteiger partial charge in [0.2, 0.25) is 6.43 Å². The first-order valence-electron chi connectivity index (χ1n) is 4.56. The van der Waals surface area contributed by atoms with Crippen molar-refractivity contribution in [2.24, 2.45) is 0 Å². The Morgan fingerprint density at radius 2 is 2.20 bits per heavy atom. The van der Waals surface area contributed by atoms with Crippen LogP contribution < -0.4 is 0 Å². The van der Waals surface area contributed by atoms with Gasteiger partial charge in [-0.05, 0) is 12.1 Å². The van der Waals surface area contributed by atoms with Gasteiger partial charge >= 0.3 is 0 Å². The van der Waals surface area contributed by atoms with Crippen LogP contribution >= 0.6 is 11.6 Å². The number of halogens is 3. The molecule has 15 heavy (non-hydrogen) atoms. The third-order valence-electron chi connectivity index (χ3n) is 2.24. The number of rotatable bonds is 3. The Labute approximate surface area is 90.5 Å². The number of aromatic nitrogens is 2. The number of aryl methyl sites for hydroxylation is 1. The normalized spacial score (nSPS) is 11.5. The van der Waals surface area contributed by atoms with Gasteiger partial charge in [0, 0.05) is 30.7 Å². The standard InChI is InChI=1S/C10H9ClF2N2/c11-10-7-2-5-15(6-3-9(12)13)8(7)1-4-14-10/h1-2,4-5,9H,3,6H2. The molecule has 80 valence electrons. The quantitative estimate of drug-likeness (QED) is 0.740. The second-order valence-corrected chi connectivity index (χ2v) is 3.58. The second-order valence-electron chi connectivity index (χ2n) is 3.22. The van der Waals surface area contributed by atoms with Crippen molar-refractivity contribution in [2.75, 3.05) is 0 Å². The van der Waals surface area contributed by atoms with Gasteiger partial charge in [0.05, 0.1) is 5.52 Å². The van der Waals surface area contributed by atoms with Crippen molar-refractivity contribution in [3.8, 4) is 0 Å². The molecule has 0 aromatic carbocycles. The summed E-state index contributed by atoms with van der Waals surface area (Å²) in [4.78, 5) is 3.92. The summed E-state index contributed by atoms with van der Waals surface area (Å²) in [5, 5.41) is 1.21. The van der Waals surface area contributed by atoms with Gasteiger partial charge in [-0.25, -0.2) is 13.8 Å². The topological polar surface area (TPSA) is 17.8 Å². The summed E-state index contributed by atoms with van der Waals surface area (Å²) in [5.74, 6) is 0. The molecule has 0 spiro atoms. The molecule has 0 atom stereocenters. The highest BCUT2D eigenvalue weighted by Crippen LogP contribution is 2.22. The molecule has 2 aromatic heterocycles. The van der Waals surface area contributed by atoms with Crippen LogP contribution in [0.4, 0.5) is 8.78 Å². The number of nitrogens with zero attached hydrogens (tertiary/aromatic N) is 2. The van der Waals surface area contributed by atoms with E-state index in [1.807, 2.05) is 0 Å². The van der Waals surface area contributed by atoms with E-state index in [0.717, 1.165) is 10.9 Å². The molecular formula is C10H9ClF2N2. The fourth-order valence-electron chi connectivity index (χ4n) is 1.52. The predicted molar refractivity (Wildman–Crippen MR) is 55.4 cm³/mol. The highest BCUT2D eigenvalue weighted by molar-refractivity contribution is 6.34. The molecule has 0 aliphatic carbocycles. The summed E-state index contributed by atoms with van der Waals surface area (Å²) in [6.07, 6.45) is 0.896. The molecule has 0 fully saturated rings. The van der Waals surface area contributed by atoms with E-state index in [1.165, 1.54) is 0 Å². The number of hydrogen-bond donors (Lipinski definition) is 0. The lowest BCUT2D eigenvalue weighted by atomic mass is 10.3. The van der Waals surface area contributed by atoms with Gasteiger partial charge in [-0.15, -0.1) is 0 Å². The number of alkyl halides is 2. The van der Waals surface area contributed by atoms with Gasteiger partial charge in [-0.1, -0.05) is 11.6 Å². The lowest BCUT2D eigenvalue weighted by molar-refractivity contribution is 0.132. The van der Waals surface area contributed by atoms with Crippen LogP contribution in [-0.2, 0) is 6.54 Å². The Morgan fingerprint density at radius 1 is 1.40 bits per heavy atom. The zero-order chi connectivity index (χ0) is 10.8. The highest BCUT2D eigenvalue weighted by atomic mass is 35.5. The van der Waals surface area contributed by atoms with E-state index in [1.54, 1.807) is 29.1 Å². The molecular weight excluding hydrogens is 222 g/mol. The van der Waals surface area contributed by atoms with Crippen LogP contribution in [0, 0.1) is 0 Å². The maximum absolute atomic E-state index is 12.1. The van der Waals surface area contributed by atoms with Crippen LogP contribution in [0.3, 0.4) is 0 Å². The Morgan fingerprint density at radius 3 is 2.93 bits per heavy atom. The fraction of sp³-hybridized carbons (Fsp3) is 0.300. The minimum Gasteiger partial charge on any atom is -0.347 e. The smallest absolute Gasteiger partial charge is 0.240 e. The van der Waals surface area contributed by atoms with Crippen LogP contribution in [0.15, 0.2) is 24.5 Å². The number of pyridine rings is 1. The minimum atomic E-state index is -2.28. The summed E-state index contributed by atoms with van der Waals surface area (Å²) >= 11 is 5.86. The van der Waals surface area contributed by atoms with Crippen LogP contribution in [0.5, 0.6) is 0 Å². The van der Waals surface area contributed by atoms with E-state index in [-0.39, 0.29) is 6.42 Å². The molecule has 0 aliphatic rings. The van der Waals surface area contributed by atoms with Crippen molar-refractivity contribution in [2.45, 2.75) is 19.4 Å². The van der Waals surface area contributed by atoms with Crippen molar-refractivity contribution in [3.63, 3.8) is 0 Å². The average molecular weight is 231 g/mol. The lowest BCUT2D eigenvalue weighted by Crippen LogP contribution is -2.01. The molecule has 2 nitrogen and oxygen atoms in total.